The van der Waals surface area contributed by atoms with Crippen molar-refractivity contribution in [3.63, 3.8) is 0 Å². The fourth-order valence-electron chi connectivity index (χ4n) is 3.62. The molecule has 168 valence electrons. The molecule has 0 aliphatic carbocycles. The molecule has 1 aromatic heterocycles. The summed E-state index contributed by atoms with van der Waals surface area (Å²) in [6.07, 6.45) is 3.24. The van der Waals surface area contributed by atoms with E-state index in [1.807, 2.05) is 18.2 Å². The smallest absolute Gasteiger partial charge is 0.339 e. The lowest BCUT2D eigenvalue weighted by Crippen LogP contribution is -2.27. The van der Waals surface area contributed by atoms with Gasteiger partial charge in [-0.25, -0.2) is 14.8 Å². The van der Waals surface area contributed by atoms with Gasteiger partial charge < -0.3 is 23.8 Å². The summed E-state index contributed by atoms with van der Waals surface area (Å²) in [5.74, 6) is 0.687. The van der Waals surface area contributed by atoms with Crippen molar-refractivity contribution in [1.29, 1.82) is 0 Å². The molecule has 0 bridgehead atoms. The van der Waals surface area contributed by atoms with Gasteiger partial charge in [-0.15, -0.1) is 12.4 Å². The number of likely N-dealkylation sites (N-methyl/N-ethyl adjacent to an activating group) is 1. The number of hydrogen-bond acceptors (Lipinski definition) is 9. The highest BCUT2D eigenvalue weighted by molar-refractivity contribution is 6.11. The number of esters is 2. The van der Waals surface area contributed by atoms with Crippen LogP contribution in [0.2, 0.25) is 0 Å². The topological polar surface area (TPSA) is 100 Å². The van der Waals surface area contributed by atoms with Gasteiger partial charge in [-0.2, -0.15) is 0 Å². The summed E-state index contributed by atoms with van der Waals surface area (Å²) in [6.45, 7) is 0.217. The Balaban J connectivity index is 0.00000289. The molecule has 2 aromatic carbocycles. The van der Waals surface area contributed by atoms with Crippen LogP contribution in [0.5, 0.6) is 11.5 Å². The second-order valence-electron chi connectivity index (χ2n) is 6.99. The van der Waals surface area contributed by atoms with Crippen LogP contribution in [0.25, 0.3) is 21.9 Å². The van der Waals surface area contributed by atoms with Crippen molar-refractivity contribution in [2.45, 2.75) is 6.61 Å². The van der Waals surface area contributed by atoms with Gasteiger partial charge in [0.15, 0.2) is 11.5 Å². The highest BCUT2D eigenvalue weighted by atomic mass is 35.5. The number of hydrogen-bond donors (Lipinski definition) is 0. The number of cyclic esters (lactones) is 1. The maximum atomic E-state index is 12.5. The Hall–Kier alpha value is -3.59. The molecule has 1 aliphatic rings. The molecule has 0 amide bonds. The highest BCUT2D eigenvalue weighted by Gasteiger charge is 2.28. The predicted molar refractivity (Wildman–Crippen MR) is 120 cm³/mol. The molecule has 0 saturated carbocycles. The van der Waals surface area contributed by atoms with Gasteiger partial charge in [-0.1, -0.05) is 0 Å². The molecule has 0 fully saturated rings. The standard InChI is InChI=1S/C22H21N3O6.ClH/c1-25(10-18(26)30-4)22-23-8-14(9-24-22)19-15-7-17(29-3)16(28-2)6-12(15)5-13-11-31-21(27)20(13)19;/h5-9H,10-11H2,1-4H3;1H. The van der Waals surface area contributed by atoms with Crippen LogP contribution in [0, 0.1) is 0 Å². The zero-order valence-electron chi connectivity index (χ0n) is 18.0. The molecule has 0 unspecified atom stereocenters. The first kappa shape index (κ1) is 23.1. The van der Waals surface area contributed by atoms with Crippen molar-refractivity contribution in [2.75, 3.05) is 39.8 Å². The lowest BCUT2D eigenvalue weighted by molar-refractivity contribution is -0.138. The third kappa shape index (κ3) is 3.99. The Labute approximate surface area is 190 Å². The van der Waals surface area contributed by atoms with Crippen LogP contribution in [0.3, 0.4) is 0 Å². The first-order valence-corrected chi connectivity index (χ1v) is 9.46. The Kier molecular flexibility index (Phi) is 6.69. The maximum Gasteiger partial charge on any atom is 0.339 e. The summed E-state index contributed by atoms with van der Waals surface area (Å²) >= 11 is 0. The van der Waals surface area contributed by atoms with Crippen LogP contribution >= 0.6 is 12.4 Å². The zero-order chi connectivity index (χ0) is 22.1. The number of carbonyl (C=O) groups excluding carboxylic acids is 2. The van der Waals surface area contributed by atoms with Crippen LogP contribution in [0.4, 0.5) is 5.95 Å². The van der Waals surface area contributed by atoms with Gasteiger partial charge in [-0.05, 0) is 29.0 Å². The van der Waals surface area contributed by atoms with E-state index in [1.54, 1.807) is 38.6 Å². The number of halogens is 1. The van der Waals surface area contributed by atoms with Crippen LogP contribution in [-0.4, -0.2) is 56.8 Å². The zero-order valence-corrected chi connectivity index (χ0v) is 18.8. The normalized spacial score (nSPS) is 11.9. The van der Waals surface area contributed by atoms with E-state index in [1.165, 1.54) is 7.11 Å². The average molecular weight is 460 g/mol. The molecule has 0 radical (unpaired) electrons. The van der Waals surface area contributed by atoms with E-state index < -0.39 is 11.9 Å². The van der Waals surface area contributed by atoms with E-state index in [0.717, 1.165) is 16.3 Å². The SMILES string of the molecule is COC(=O)CN(C)c1ncc(-c2c3c(cc4cc(OC)c(OC)cc24)COC3=O)cn1.Cl. The van der Waals surface area contributed by atoms with E-state index in [0.29, 0.717) is 34.1 Å². The molecular weight excluding hydrogens is 438 g/mol. The Bertz CT molecular complexity index is 1180. The summed E-state index contributed by atoms with van der Waals surface area (Å²) in [5.41, 5.74) is 2.58. The minimum Gasteiger partial charge on any atom is -0.493 e. The summed E-state index contributed by atoms with van der Waals surface area (Å²) < 4.78 is 20.8. The largest absolute Gasteiger partial charge is 0.493 e. The second kappa shape index (κ2) is 9.27. The summed E-state index contributed by atoms with van der Waals surface area (Å²) in [5, 5.41) is 1.66. The molecule has 0 saturated heterocycles. The lowest BCUT2D eigenvalue weighted by Gasteiger charge is -2.17. The molecular formula is C22H22ClN3O6. The van der Waals surface area contributed by atoms with Crippen molar-refractivity contribution in [1.82, 2.24) is 9.97 Å². The Morgan fingerprint density at radius 3 is 2.34 bits per heavy atom. The van der Waals surface area contributed by atoms with Gasteiger partial charge in [0.05, 0.1) is 26.9 Å². The number of carbonyl (C=O) groups is 2. The number of rotatable bonds is 6. The molecule has 0 N–H and O–H groups in total. The monoisotopic (exact) mass is 459 g/mol. The number of benzene rings is 2. The van der Waals surface area contributed by atoms with Gasteiger partial charge in [0.2, 0.25) is 5.95 Å². The molecule has 0 atom stereocenters. The highest BCUT2D eigenvalue weighted by Crippen LogP contribution is 2.42. The van der Waals surface area contributed by atoms with Gasteiger partial charge >= 0.3 is 11.9 Å². The van der Waals surface area contributed by atoms with Crippen LogP contribution in [0.15, 0.2) is 30.6 Å². The van der Waals surface area contributed by atoms with E-state index in [2.05, 4.69) is 14.7 Å². The third-order valence-electron chi connectivity index (χ3n) is 5.15. The van der Waals surface area contributed by atoms with Crippen LogP contribution < -0.4 is 14.4 Å². The minimum absolute atomic E-state index is 0. The van der Waals surface area contributed by atoms with Crippen molar-refractivity contribution in [2.24, 2.45) is 0 Å². The molecule has 4 rings (SSSR count). The molecule has 9 nitrogen and oxygen atoms in total. The van der Waals surface area contributed by atoms with Crippen molar-refractivity contribution >= 4 is 41.1 Å². The Morgan fingerprint density at radius 2 is 1.72 bits per heavy atom. The predicted octanol–water partition coefficient (Wildman–Crippen LogP) is 3.02. The first-order valence-electron chi connectivity index (χ1n) is 9.46. The van der Waals surface area contributed by atoms with Gasteiger partial charge in [0, 0.05) is 36.1 Å². The molecule has 3 aromatic rings. The summed E-state index contributed by atoms with van der Waals surface area (Å²) in [4.78, 5) is 34.4. The van der Waals surface area contributed by atoms with Crippen LogP contribution in [0.1, 0.15) is 15.9 Å². The fourth-order valence-corrected chi connectivity index (χ4v) is 3.62. The van der Waals surface area contributed by atoms with E-state index in [9.17, 15) is 9.59 Å². The van der Waals surface area contributed by atoms with E-state index in [4.69, 9.17) is 14.2 Å². The number of ether oxygens (including phenoxy) is 4. The molecule has 32 heavy (non-hydrogen) atoms. The average Bonchev–Trinajstić information content (AvgIpc) is 3.16. The fraction of sp³-hybridized carbons (Fsp3) is 0.273. The number of methoxy groups -OCH3 is 3. The number of aromatic nitrogens is 2. The summed E-state index contributed by atoms with van der Waals surface area (Å²) in [7, 11) is 6.14. The van der Waals surface area contributed by atoms with E-state index >= 15 is 0 Å². The van der Waals surface area contributed by atoms with Crippen molar-refractivity contribution in [3.05, 3.63) is 41.7 Å². The van der Waals surface area contributed by atoms with Crippen molar-refractivity contribution < 1.29 is 28.5 Å². The van der Waals surface area contributed by atoms with Gasteiger partial charge in [-0.3, -0.25) is 4.79 Å². The Morgan fingerprint density at radius 1 is 1.06 bits per heavy atom. The summed E-state index contributed by atoms with van der Waals surface area (Å²) in [6, 6.07) is 5.60. The molecule has 1 aliphatic heterocycles. The third-order valence-corrected chi connectivity index (χ3v) is 5.15. The lowest BCUT2D eigenvalue weighted by atomic mass is 9.91. The number of anilines is 1. The number of fused-ring (bicyclic) bond motifs is 2. The molecule has 2 heterocycles. The molecule has 0 spiro atoms. The quantitative estimate of drug-likeness (QED) is 0.515. The molecule has 10 heteroatoms. The minimum atomic E-state index is -0.397. The van der Waals surface area contributed by atoms with E-state index in [-0.39, 0.29) is 25.6 Å². The van der Waals surface area contributed by atoms with Gasteiger partial charge in [0.1, 0.15) is 13.2 Å². The number of nitrogens with zero attached hydrogens (tertiary/aromatic N) is 3. The maximum absolute atomic E-state index is 12.5. The van der Waals surface area contributed by atoms with Crippen molar-refractivity contribution in [3.8, 4) is 22.6 Å². The van der Waals surface area contributed by atoms with Crippen LogP contribution in [-0.2, 0) is 20.9 Å². The second-order valence-corrected chi connectivity index (χ2v) is 6.99. The first-order chi connectivity index (χ1) is 15.0. The van der Waals surface area contributed by atoms with Gasteiger partial charge in [0.25, 0.3) is 0 Å².